The van der Waals surface area contributed by atoms with Gasteiger partial charge in [0.15, 0.2) is 5.78 Å². The Morgan fingerprint density at radius 3 is 2.09 bits per heavy atom. The van der Waals surface area contributed by atoms with Crippen molar-refractivity contribution >= 4 is 5.78 Å². The molecule has 0 spiro atoms. The number of carbonyl (C=O) groups is 1. The van der Waals surface area contributed by atoms with E-state index in [1.165, 1.54) is 6.08 Å². The molecule has 0 aliphatic heterocycles. The molecular weight excluding hydrogens is 136 g/mol. The molecule has 0 radical (unpaired) electrons. The summed E-state index contributed by atoms with van der Waals surface area (Å²) in [5.41, 5.74) is 1.17. The van der Waals surface area contributed by atoms with Gasteiger partial charge in [0.2, 0.25) is 0 Å². The van der Waals surface area contributed by atoms with Gasteiger partial charge >= 0.3 is 0 Å². The van der Waals surface area contributed by atoms with Crippen LogP contribution in [0.25, 0.3) is 0 Å². The van der Waals surface area contributed by atoms with Gasteiger partial charge in [-0.25, -0.2) is 0 Å². The third-order valence-corrected chi connectivity index (χ3v) is 1.74. The van der Waals surface area contributed by atoms with Crippen LogP contribution in [-0.4, -0.2) is 5.78 Å². The predicted octanol–water partition coefficient (Wildman–Crippen LogP) is 2.73. The smallest absolute Gasteiger partial charge is 0.178 e. The van der Waals surface area contributed by atoms with E-state index in [9.17, 15) is 4.79 Å². The van der Waals surface area contributed by atoms with Gasteiger partial charge in [-0.05, 0) is 24.5 Å². The highest BCUT2D eigenvalue weighted by molar-refractivity contribution is 5.99. The van der Waals surface area contributed by atoms with Crippen molar-refractivity contribution < 1.29 is 4.79 Å². The fourth-order valence-electron chi connectivity index (χ4n) is 0.489. The summed E-state index contributed by atoms with van der Waals surface area (Å²) in [7, 11) is 0. The summed E-state index contributed by atoms with van der Waals surface area (Å²) in [6.45, 7) is 11.6. The zero-order valence-corrected chi connectivity index (χ0v) is 7.77. The third kappa shape index (κ3) is 3.76. The molecule has 0 aromatic heterocycles. The number of hydrogen-bond acceptors (Lipinski definition) is 1. The van der Waals surface area contributed by atoms with Crippen LogP contribution in [-0.2, 0) is 4.79 Å². The zero-order valence-electron chi connectivity index (χ0n) is 7.77. The summed E-state index contributed by atoms with van der Waals surface area (Å²) >= 11 is 0. The first-order valence-corrected chi connectivity index (χ1v) is 3.73. The zero-order chi connectivity index (χ0) is 9.07. The van der Waals surface area contributed by atoms with E-state index in [2.05, 4.69) is 27.4 Å². The maximum atomic E-state index is 10.9. The molecule has 1 nitrogen and oxygen atoms in total. The van der Waals surface area contributed by atoms with Crippen molar-refractivity contribution in [3.05, 3.63) is 24.3 Å². The molecule has 62 valence electrons. The Balaban J connectivity index is 4.47. The van der Waals surface area contributed by atoms with Crippen LogP contribution in [0.2, 0.25) is 0 Å². The second kappa shape index (κ2) is 3.51. The number of allylic oxidation sites excluding steroid dienone is 3. The Hall–Kier alpha value is -0.850. The third-order valence-electron chi connectivity index (χ3n) is 1.74. The Morgan fingerprint density at radius 2 is 1.82 bits per heavy atom. The molecule has 0 aliphatic rings. The molecule has 0 aromatic rings. The Kier molecular flexibility index (Phi) is 3.24. The minimum absolute atomic E-state index is 0.0163. The molecular formula is C10H16O. The molecule has 0 aromatic carbocycles. The number of carbonyl (C=O) groups excluding carboxylic acids is 1. The quantitative estimate of drug-likeness (QED) is 0.556. The van der Waals surface area contributed by atoms with Crippen LogP contribution in [0.3, 0.4) is 0 Å². The first kappa shape index (κ1) is 10.2. The lowest BCUT2D eigenvalue weighted by Gasteiger charge is -2.18. The van der Waals surface area contributed by atoms with Gasteiger partial charge in [0.25, 0.3) is 0 Å². The molecule has 0 fully saturated rings. The van der Waals surface area contributed by atoms with Crippen molar-refractivity contribution in [2.75, 3.05) is 0 Å². The lowest BCUT2D eigenvalue weighted by atomic mass is 9.87. The molecule has 0 aliphatic carbocycles. The van der Waals surface area contributed by atoms with Gasteiger partial charge in [0.05, 0.1) is 0 Å². The van der Waals surface area contributed by atoms with Gasteiger partial charge in [0.1, 0.15) is 0 Å². The molecule has 1 heteroatoms. The fraction of sp³-hybridized carbons (Fsp3) is 0.500. The minimum Gasteiger partial charge on any atom is -0.290 e. The summed E-state index contributed by atoms with van der Waals surface area (Å²) in [6, 6.07) is 0. The molecule has 0 bridgehead atoms. The summed E-state index contributed by atoms with van der Waals surface area (Å²) in [5, 5.41) is 0. The van der Waals surface area contributed by atoms with Gasteiger partial charge in [-0.3, -0.25) is 4.79 Å². The molecule has 11 heavy (non-hydrogen) atoms. The molecule has 0 atom stereocenters. The maximum absolute atomic E-state index is 10.9. The van der Waals surface area contributed by atoms with Crippen LogP contribution in [0, 0.1) is 5.41 Å². The molecule has 0 amide bonds. The fourth-order valence-corrected chi connectivity index (χ4v) is 0.489. The average molecular weight is 152 g/mol. The van der Waals surface area contributed by atoms with Gasteiger partial charge in [-0.1, -0.05) is 32.9 Å². The van der Waals surface area contributed by atoms with E-state index >= 15 is 0 Å². The van der Waals surface area contributed by atoms with E-state index in [4.69, 9.17) is 0 Å². The molecule has 0 saturated carbocycles. The highest BCUT2D eigenvalue weighted by Gasteiger charge is 2.12. The standard InChI is InChI=1S/C10H16O/c1-6-9(11)7-8(2)10(3,4)5/h6-7H,1H2,2-5H3/b8-7+. The lowest BCUT2D eigenvalue weighted by Crippen LogP contribution is -2.07. The normalized spacial score (nSPS) is 12.9. The van der Waals surface area contributed by atoms with Crippen molar-refractivity contribution in [2.45, 2.75) is 27.7 Å². The van der Waals surface area contributed by atoms with Crippen molar-refractivity contribution in [3.8, 4) is 0 Å². The number of ketones is 1. The number of hydrogen-bond donors (Lipinski definition) is 0. The lowest BCUT2D eigenvalue weighted by molar-refractivity contribution is -0.110. The Morgan fingerprint density at radius 1 is 1.36 bits per heavy atom. The summed E-state index contributed by atoms with van der Waals surface area (Å²) < 4.78 is 0. The highest BCUT2D eigenvalue weighted by atomic mass is 16.1. The van der Waals surface area contributed by atoms with E-state index < -0.39 is 0 Å². The predicted molar refractivity (Wildman–Crippen MR) is 48.4 cm³/mol. The second-order valence-electron chi connectivity index (χ2n) is 3.68. The van der Waals surface area contributed by atoms with E-state index in [0.717, 1.165) is 5.57 Å². The van der Waals surface area contributed by atoms with Gasteiger partial charge in [-0.2, -0.15) is 0 Å². The number of rotatable bonds is 2. The molecule has 0 heterocycles. The first-order chi connectivity index (χ1) is 4.88. The summed E-state index contributed by atoms with van der Waals surface area (Å²) in [5.74, 6) is -0.0163. The van der Waals surface area contributed by atoms with Crippen LogP contribution in [0.15, 0.2) is 24.3 Å². The van der Waals surface area contributed by atoms with Crippen molar-refractivity contribution in [2.24, 2.45) is 5.41 Å². The van der Waals surface area contributed by atoms with Crippen molar-refractivity contribution in [1.29, 1.82) is 0 Å². The Labute approximate surface area is 68.8 Å². The van der Waals surface area contributed by atoms with E-state index in [1.807, 2.05) is 6.92 Å². The maximum Gasteiger partial charge on any atom is 0.178 e. The molecule has 0 rings (SSSR count). The minimum atomic E-state index is -0.0163. The van der Waals surface area contributed by atoms with Crippen LogP contribution < -0.4 is 0 Å². The SMILES string of the molecule is C=CC(=O)/C=C(\C)C(C)(C)C. The Bertz CT molecular complexity index is 191. The van der Waals surface area contributed by atoms with Crippen molar-refractivity contribution in [3.63, 3.8) is 0 Å². The van der Waals surface area contributed by atoms with Crippen LogP contribution in [0.4, 0.5) is 0 Å². The van der Waals surface area contributed by atoms with Crippen LogP contribution in [0.5, 0.6) is 0 Å². The average Bonchev–Trinajstić information content (AvgIpc) is 1.85. The molecule has 0 N–H and O–H groups in total. The van der Waals surface area contributed by atoms with E-state index in [-0.39, 0.29) is 11.2 Å². The topological polar surface area (TPSA) is 17.1 Å². The van der Waals surface area contributed by atoms with Gasteiger partial charge < -0.3 is 0 Å². The summed E-state index contributed by atoms with van der Waals surface area (Å²) in [6.07, 6.45) is 2.96. The second-order valence-corrected chi connectivity index (χ2v) is 3.68. The monoisotopic (exact) mass is 152 g/mol. The summed E-state index contributed by atoms with van der Waals surface area (Å²) in [4.78, 5) is 10.9. The molecule has 0 unspecified atom stereocenters. The van der Waals surface area contributed by atoms with Crippen LogP contribution >= 0.6 is 0 Å². The first-order valence-electron chi connectivity index (χ1n) is 3.73. The molecule has 0 saturated heterocycles. The van der Waals surface area contributed by atoms with E-state index in [1.54, 1.807) is 6.08 Å². The van der Waals surface area contributed by atoms with Crippen LogP contribution in [0.1, 0.15) is 27.7 Å². The van der Waals surface area contributed by atoms with Gasteiger partial charge in [0, 0.05) is 0 Å². The highest BCUT2D eigenvalue weighted by Crippen LogP contribution is 2.23. The van der Waals surface area contributed by atoms with E-state index in [0.29, 0.717) is 0 Å². The van der Waals surface area contributed by atoms with Gasteiger partial charge in [-0.15, -0.1) is 0 Å². The van der Waals surface area contributed by atoms with Crippen molar-refractivity contribution in [1.82, 2.24) is 0 Å². The largest absolute Gasteiger partial charge is 0.290 e.